The molecule has 0 fully saturated rings. The highest BCUT2D eigenvalue weighted by Gasteiger charge is 2.00. The molecule has 2 aromatic rings. The molecular formula is C17H21BrN2O. The van der Waals surface area contributed by atoms with Crippen molar-refractivity contribution in [3.8, 4) is 5.75 Å². The second kappa shape index (κ2) is 8.15. The Bertz CT molecular complexity index is 572. The van der Waals surface area contributed by atoms with Crippen molar-refractivity contribution in [1.29, 1.82) is 0 Å². The van der Waals surface area contributed by atoms with E-state index in [0.29, 0.717) is 12.5 Å². The molecule has 0 saturated heterocycles. The number of hydrogen-bond acceptors (Lipinski definition) is 3. The molecular weight excluding hydrogens is 328 g/mol. The van der Waals surface area contributed by atoms with Crippen LogP contribution in [-0.2, 0) is 13.2 Å². The largest absolute Gasteiger partial charge is 0.489 e. The summed E-state index contributed by atoms with van der Waals surface area (Å²) in [6.07, 6.45) is 3.59. The van der Waals surface area contributed by atoms with Gasteiger partial charge in [-0.3, -0.25) is 4.98 Å². The molecule has 1 aromatic heterocycles. The zero-order chi connectivity index (χ0) is 15.1. The van der Waals surface area contributed by atoms with E-state index in [1.54, 1.807) is 6.20 Å². The monoisotopic (exact) mass is 348 g/mol. The van der Waals surface area contributed by atoms with Gasteiger partial charge in [-0.1, -0.05) is 26.0 Å². The number of rotatable bonds is 7. The molecule has 2 rings (SSSR count). The Morgan fingerprint density at radius 1 is 1.19 bits per heavy atom. The van der Waals surface area contributed by atoms with E-state index >= 15 is 0 Å². The zero-order valence-electron chi connectivity index (χ0n) is 12.5. The number of nitrogens with zero attached hydrogens (tertiary/aromatic N) is 1. The lowest BCUT2D eigenvalue weighted by molar-refractivity contribution is 0.305. The molecule has 0 bridgehead atoms. The van der Waals surface area contributed by atoms with Crippen LogP contribution >= 0.6 is 15.9 Å². The van der Waals surface area contributed by atoms with Gasteiger partial charge in [0.1, 0.15) is 12.4 Å². The molecule has 0 atom stereocenters. The van der Waals surface area contributed by atoms with E-state index in [1.165, 1.54) is 5.56 Å². The summed E-state index contributed by atoms with van der Waals surface area (Å²) in [5.74, 6) is 1.55. The van der Waals surface area contributed by atoms with Crippen LogP contribution in [-0.4, -0.2) is 11.5 Å². The average Bonchev–Trinajstić information content (AvgIpc) is 2.45. The van der Waals surface area contributed by atoms with Crippen LogP contribution in [0, 0.1) is 5.92 Å². The molecule has 21 heavy (non-hydrogen) atoms. The minimum atomic E-state index is 0.523. The summed E-state index contributed by atoms with van der Waals surface area (Å²) in [5.41, 5.74) is 2.29. The molecule has 4 heteroatoms. The average molecular weight is 349 g/mol. The number of benzene rings is 1. The molecule has 0 radical (unpaired) electrons. The number of pyridine rings is 1. The predicted molar refractivity (Wildman–Crippen MR) is 89.3 cm³/mol. The zero-order valence-corrected chi connectivity index (χ0v) is 14.1. The van der Waals surface area contributed by atoms with Crippen molar-refractivity contribution in [3.63, 3.8) is 0 Å². The maximum Gasteiger partial charge on any atom is 0.120 e. The molecule has 0 saturated carbocycles. The first-order valence-corrected chi connectivity index (χ1v) is 7.94. The topological polar surface area (TPSA) is 34.1 Å². The van der Waals surface area contributed by atoms with Crippen molar-refractivity contribution < 1.29 is 4.74 Å². The van der Waals surface area contributed by atoms with Crippen LogP contribution < -0.4 is 10.1 Å². The number of hydrogen-bond donors (Lipinski definition) is 1. The van der Waals surface area contributed by atoms with Crippen LogP contribution in [0.25, 0.3) is 0 Å². The maximum absolute atomic E-state index is 5.83. The number of aromatic nitrogens is 1. The highest BCUT2D eigenvalue weighted by Crippen LogP contribution is 2.16. The molecule has 0 aliphatic rings. The maximum atomic E-state index is 5.83. The number of halogens is 1. The summed E-state index contributed by atoms with van der Waals surface area (Å²) < 4.78 is 6.79. The molecule has 1 N–H and O–H groups in total. The Hall–Kier alpha value is -1.39. The summed E-state index contributed by atoms with van der Waals surface area (Å²) in [7, 11) is 0. The van der Waals surface area contributed by atoms with Gasteiger partial charge in [-0.15, -0.1) is 0 Å². The summed E-state index contributed by atoms with van der Waals surface area (Å²) in [6.45, 7) is 6.83. The quantitative estimate of drug-likeness (QED) is 0.815. The minimum Gasteiger partial charge on any atom is -0.489 e. The van der Waals surface area contributed by atoms with E-state index in [4.69, 9.17) is 4.74 Å². The Morgan fingerprint density at radius 2 is 2.05 bits per heavy atom. The fourth-order valence-electron chi connectivity index (χ4n) is 1.95. The fraction of sp³-hybridized carbons (Fsp3) is 0.353. The van der Waals surface area contributed by atoms with Crippen LogP contribution in [0.4, 0.5) is 0 Å². The summed E-state index contributed by atoms with van der Waals surface area (Å²) in [5, 5.41) is 3.44. The molecule has 0 spiro atoms. The first kappa shape index (κ1) is 16.0. The van der Waals surface area contributed by atoms with Gasteiger partial charge in [0, 0.05) is 29.0 Å². The minimum absolute atomic E-state index is 0.523. The lowest BCUT2D eigenvalue weighted by atomic mass is 10.2. The van der Waals surface area contributed by atoms with Crippen LogP contribution in [0.1, 0.15) is 25.0 Å². The summed E-state index contributed by atoms with van der Waals surface area (Å²) >= 11 is 3.41. The second-order valence-electron chi connectivity index (χ2n) is 5.47. The third-order valence-corrected chi connectivity index (χ3v) is 3.38. The highest BCUT2D eigenvalue weighted by atomic mass is 79.9. The summed E-state index contributed by atoms with van der Waals surface area (Å²) in [4.78, 5) is 4.13. The van der Waals surface area contributed by atoms with Crippen LogP contribution in [0.3, 0.4) is 0 Å². The Kier molecular flexibility index (Phi) is 6.21. The van der Waals surface area contributed by atoms with Crippen LogP contribution in [0.15, 0.2) is 47.2 Å². The standard InChI is InChI=1S/C17H21BrN2O/c1-13(2)8-19-9-14-4-3-5-17(7-14)21-12-15-6-16(18)11-20-10-15/h3-7,10-11,13,19H,8-9,12H2,1-2H3. The van der Waals surface area contributed by atoms with Crippen LogP contribution in [0.2, 0.25) is 0 Å². The Labute approximate surface area is 134 Å². The third-order valence-electron chi connectivity index (χ3n) is 2.95. The van der Waals surface area contributed by atoms with E-state index in [0.717, 1.165) is 28.9 Å². The van der Waals surface area contributed by atoms with Crippen molar-refractivity contribution in [2.75, 3.05) is 6.54 Å². The second-order valence-corrected chi connectivity index (χ2v) is 6.39. The molecule has 0 aliphatic carbocycles. The first-order chi connectivity index (χ1) is 10.1. The van der Waals surface area contributed by atoms with Gasteiger partial charge in [-0.05, 0) is 52.2 Å². The SMILES string of the molecule is CC(C)CNCc1cccc(OCc2cncc(Br)c2)c1. The first-order valence-electron chi connectivity index (χ1n) is 7.15. The third kappa shape index (κ3) is 5.86. The van der Waals surface area contributed by atoms with Crippen molar-refractivity contribution in [3.05, 3.63) is 58.3 Å². The Balaban J connectivity index is 1.88. The van der Waals surface area contributed by atoms with Crippen molar-refractivity contribution in [2.45, 2.75) is 27.0 Å². The molecule has 0 unspecified atom stereocenters. The number of ether oxygens (including phenoxy) is 1. The number of nitrogens with one attached hydrogen (secondary N) is 1. The molecule has 0 aliphatic heterocycles. The van der Waals surface area contributed by atoms with Gasteiger partial charge in [0.05, 0.1) is 0 Å². The van der Waals surface area contributed by atoms with E-state index < -0.39 is 0 Å². The molecule has 0 amide bonds. The van der Waals surface area contributed by atoms with Crippen LogP contribution in [0.5, 0.6) is 5.75 Å². The van der Waals surface area contributed by atoms with E-state index in [2.05, 4.69) is 52.2 Å². The lowest BCUT2D eigenvalue weighted by Crippen LogP contribution is -2.18. The van der Waals surface area contributed by atoms with Crippen molar-refractivity contribution in [1.82, 2.24) is 10.3 Å². The van der Waals surface area contributed by atoms with Gasteiger partial charge in [-0.2, -0.15) is 0 Å². The van der Waals surface area contributed by atoms with Gasteiger partial charge >= 0.3 is 0 Å². The van der Waals surface area contributed by atoms with E-state index in [9.17, 15) is 0 Å². The van der Waals surface area contributed by atoms with Gasteiger partial charge in [-0.25, -0.2) is 0 Å². The van der Waals surface area contributed by atoms with E-state index in [-0.39, 0.29) is 0 Å². The predicted octanol–water partition coefficient (Wildman–Crippen LogP) is 4.17. The van der Waals surface area contributed by atoms with E-state index in [1.807, 2.05) is 24.4 Å². The fourth-order valence-corrected chi connectivity index (χ4v) is 2.36. The molecule has 1 heterocycles. The highest BCUT2D eigenvalue weighted by molar-refractivity contribution is 9.10. The Morgan fingerprint density at radius 3 is 2.81 bits per heavy atom. The van der Waals surface area contributed by atoms with Crippen molar-refractivity contribution >= 4 is 15.9 Å². The smallest absolute Gasteiger partial charge is 0.120 e. The summed E-state index contributed by atoms with van der Waals surface area (Å²) in [6, 6.07) is 10.2. The van der Waals surface area contributed by atoms with Gasteiger partial charge < -0.3 is 10.1 Å². The van der Waals surface area contributed by atoms with Gasteiger partial charge in [0.2, 0.25) is 0 Å². The molecule has 3 nitrogen and oxygen atoms in total. The lowest BCUT2D eigenvalue weighted by Gasteiger charge is -2.10. The normalized spacial score (nSPS) is 10.9. The molecule has 1 aromatic carbocycles. The molecule has 112 valence electrons. The van der Waals surface area contributed by atoms with Gasteiger partial charge in [0.15, 0.2) is 0 Å². The van der Waals surface area contributed by atoms with Gasteiger partial charge in [0.25, 0.3) is 0 Å². The van der Waals surface area contributed by atoms with Crippen molar-refractivity contribution in [2.24, 2.45) is 5.92 Å².